The fraction of sp³-hybridized carbons (Fsp3) is 0.273. The van der Waals surface area contributed by atoms with E-state index in [2.05, 4.69) is 37.9 Å². The van der Waals surface area contributed by atoms with Gasteiger partial charge >= 0.3 is 0 Å². The van der Waals surface area contributed by atoms with Crippen LogP contribution in [0.4, 0.5) is 0 Å². The van der Waals surface area contributed by atoms with Gasteiger partial charge in [0.15, 0.2) is 0 Å². The van der Waals surface area contributed by atoms with E-state index in [1.54, 1.807) is 0 Å². The van der Waals surface area contributed by atoms with Crippen LogP contribution < -0.4 is 0 Å². The van der Waals surface area contributed by atoms with E-state index in [0.717, 1.165) is 0 Å². The van der Waals surface area contributed by atoms with E-state index in [1.807, 2.05) is 6.20 Å². The molecule has 0 amide bonds. The van der Waals surface area contributed by atoms with Gasteiger partial charge in [-0.2, -0.15) is 0 Å². The molecule has 0 radical (unpaired) electrons. The van der Waals surface area contributed by atoms with E-state index < -0.39 is 0 Å². The molecule has 12 heavy (non-hydrogen) atoms. The molecule has 62 valence electrons. The number of benzene rings is 1. The molecule has 1 aromatic carbocycles. The maximum absolute atomic E-state index is 3.23. The molecule has 0 saturated carbocycles. The first-order chi connectivity index (χ1) is 5.70. The monoisotopic (exact) mass is 159 g/mol. The van der Waals surface area contributed by atoms with Gasteiger partial charge in [0.1, 0.15) is 0 Å². The Balaban J connectivity index is 2.94. The number of aromatic nitrogens is 1. The quantitative estimate of drug-likeness (QED) is 0.608. The fourth-order valence-corrected chi connectivity index (χ4v) is 1.65. The predicted molar refractivity (Wildman–Crippen MR) is 52.5 cm³/mol. The van der Waals surface area contributed by atoms with E-state index in [-0.39, 0.29) is 0 Å². The Morgan fingerprint density at radius 2 is 1.83 bits per heavy atom. The van der Waals surface area contributed by atoms with Crippen molar-refractivity contribution in [1.29, 1.82) is 0 Å². The van der Waals surface area contributed by atoms with Gasteiger partial charge in [-0.1, -0.05) is 0 Å². The highest BCUT2D eigenvalue weighted by molar-refractivity contribution is 5.84. The van der Waals surface area contributed by atoms with Crippen molar-refractivity contribution in [2.45, 2.75) is 20.8 Å². The Hall–Kier alpha value is -1.24. The highest BCUT2D eigenvalue weighted by Gasteiger charge is 2.03. The molecule has 0 aliphatic carbocycles. The van der Waals surface area contributed by atoms with Crippen LogP contribution in [-0.2, 0) is 0 Å². The molecule has 0 saturated heterocycles. The zero-order valence-electron chi connectivity index (χ0n) is 7.73. The van der Waals surface area contributed by atoms with E-state index in [4.69, 9.17) is 0 Å². The van der Waals surface area contributed by atoms with Gasteiger partial charge in [0, 0.05) is 17.1 Å². The first-order valence-electron chi connectivity index (χ1n) is 4.24. The van der Waals surface area contributed by atoms with Crippen molar-refractivity contribution >= 4 is 10.9 Å². The van der Waals surface area contributed by atoms with Crippen LogP contribution in [0, 0.1) is 20.8 Å². The van der Waals surface area contributed by atoms with Crippen molar-refractivity contribution in [2.24, 2.45) is 0 Å². The molecule has 0 atom stereocenters. The number of rotatable bonds is 0. The lowest BCUT2D eigenvalue weighted by atomic mass is 10.0. The van der Waals surface area contributed by atoms with Gasteiger partial charge in [-0.05, 0) is 49.6 Å². The second-order valence-electron chi connectivity index (χ2n) is 3.38. The minimum absolute atomic E-state index is 1.25. The van der Waals surface area contributed by atoms with E-state index in [9.17, 15) is 0 Å². The van der Waals surface area contributed by atoms with Crippen molar-refractivity contribution < 1.29 is 0 Å². The van der Waals surface area contributed by atoms with Gasteiger partial charge in [0.2, 0.25) is 0 Å². The Labute approximate surface area is 72.4 Å². The molecular weight excluding hydrogens is 146 g/mol. The summed E-state index contributed by atoms with van der Waals surface area (Å²) in [5.41, 5.74) is 5.41. The fourth-order valence-electron chi connectivity index (χ4n) is 1.65. The highest BCUT2D eigenvalue weighted by atomic mass is 14.7. The number of nitrogens with one attached hydrogen (secondary N) is 1. The Morgan fingerprint density at radius 3 is 2.58 bits per heavy atom. The van der Waals surface area contributed by atoms with Gasteiger partial charge in [-0.25, -0.2) is 0 Å². The van der Waals surface area contributed by atoms with E-state index in [0.29, 0.717) is 0 Å². The van der Waals surface area contributed by atoms with Crippen molar-refractivity contribution in [3.8, 4) is 0 Å². The zero-order valence-corrected chi connectivity index (χ0v) is 7.73. The van der Waals surface area contributed by atoms with Crippen molar-refractivity contribution in [1.82, 2.24) is 4.98 Å². The minimum Gasteiger partial charge on any atom is -0.361 e. The normalized spacial score (nSPS) is 10.9. The molecule has 2 rings (SSSR count). The van der Waals surface area contributed by atoms with Crippen molar-refractivity contribution in [3.05, 3.63) is 35.0 Å². The summed E-state index contributed by atoms with van der Waals surface area (Å²) in [6, 6.07) is 4.34. The molecule has 0 spiro atoms. The summed E-state index contributed by atoms with van der Waals surface area (Å²) < 4.78 is 0. The Kier molecular flexibility index (Phi) is 1.47. The molecule has 1 nitrogen and oxygen atoms in total. The molecule has 2 aromatic rings. The molecule has 1 heterocycles. The number of aromatic amines is 1. The van der Waals surface area contributed by atoms with Crippen molar-refractivity contribution in [2.75, 3.05) is 0 Å². The van der Waals surface area contributed by atoms with Gasteiger partial charge in [0.25, 0.3) is 0 Å². The second kappa shape index (κ2) is 2.37. The first kappa shape index (κ1) is 7.41. The summed E-state index contributed by atoms with van der Waals surface area (Å²) in [6.45, 7) is 6.51. The lowest BCUT2D eigenvalue weighted by Crippen LogP contribution is -1.86. The molecule has 1 heteroatoms. The summed E-state index contributed by atoms with van der Waals surface area (Å²) in [7, 11) is 0. The summed E-state index contributed by atoms with van der Waals surface area (Å²) in [4.78, 5) is 3.23. The molecule has 0 bridgehead atoms. The number of aryl methyl sites for hydroxylation is 2. The smallest absolute Gasteiger partial charge is 0.0459 e. The molecule has 0 unspecified atom stereocenters. The van der Waals surface area contributed by atoms with Crippen LogP contribution in [0.3, 0.4) is 0 Å². The number of H-pyrrole nitrogens is 1. The minimum atomic E-state index is 1.25. The van der Waals surface area contributed by atoms with Crippen LogP contribution in [0.25, 0.3) is 10.9 Å². The van der Waals surface area contributed by atoms with Crippen LogP contribution in [0.2, 0.25) is 0 Å². The van der Waals surface area contributed by atoms with Gasteiger partial charge in [0.05, 0.1) is 0 Å². The molecule has 1 N–H and O–H groups in total. The average molecular weight is 159 g/mol. The van der Waals surface area contributed by atoms with Crippen LogP contribution >= 0.6 is 0 Å². The third-order valence-electron chi connectivity index (χ3n) is 2.70. The summed E-state index contributed by atoms with van der Waals surface area (Å²) >= 11 is 0. The summed E-state index contributed by atoms with van der Waals surface area (Å²) in [6.07, 6.45) is 2.00. The third kappa shape index (κ3) is 0.860. The predicted octanol–water partition coefficient (Wildman–Crippen LogP) is 3.09. The largest absolute Gasteiger partial charge is 0.361 e. The topological polar surface area (TPSA) is 15.8 Å². The summed E-state index contributed by atoms with van der Waals surface area (Å²) in [5.74, 6) is 0. The van der Waals surface area contributed by atoms with E-state index in [1.165, 1.54) is 27.6 Å². The molecular formula is C11H13N. The maximum atomic E-state index is 3.23. The summed E-state index contributed by atoms with van der Waals surface area (Å²) in [5, 5.41) is 1.35. The molecule has 0 fully saturated rings. The van der Waals surface area contributed by atoms with Crippen LogP contribution in [0.15, 0.2) is 18.3 Å². The second-order valence-corrected chi connectivity index (χ2v) is 3.38. The van der Waals surface area contributed by atoms with Gasteiger partial charge in [-0.15, -0.1) is 0 Å². The zero-order chi connectivity index (χ0) is 8.72. The van der Waals surface area contributed by atoms with Crippen molar-refractivity contribution in [3.63, 3.8) is 0 Å². The van der Waals surface area contributed by atoms with Gasteiger partial charge in [-0.3, -0.25) is 0 Å². The number of fused-ring (bicyclic) bond motifs is 1. The van der Waals surface area contributed by atoms with E-state index >= 15 is 0 Å². The van der Waals surface area contributed by atoms with Crippen LogP contribution in [0.1, 0.15) is 16.7 Å². The molecule has 0 aliphatic heterocycles. The maximum Gasteiger partial charge on any atom is 0.0459 e. The van der Waals surface area contributed by atoms with Crippen LogP contribution in [0.5, 0.6) is 0 Å². The highest BCUT2D eigenvalue weighted by Crippen LogP contribution is 2.23. The number of hydrogen-bond donors (Lipinski definition) is 1. The first-order valence-corrected chi connectivity index (χ1v) is 4.24. The lowest BCUT2D eigenvalue weighted by molar-refractivity contribution is 1.29. The van der Waals surface area contributed by atoms with Gasteiger partial charge < -0.3 is 4.98 Å². The standard InChI is InChI=1S/C11H13N/c1-7-6-11-10(4-5-12-11)9(3)8(7)2/h4-6,12H,1-3H3. The molecule has 0 aliphatic rings. The van der Waals surface area contributed by atoms with Crippen LogP contribution in [-0.4, -0.2) is 4.98 Å². The Bertz CT molecular complexity index is 424. The molecule has 1 aromatic heterocycles. The SMILES string of the molecule is Cc1cc2[nH]ccc2c(C)c1C. The third-order valence-corrected chi connectivity index (χ3v) is 2.70. The lowest BCUT2D eigenvalue weighted by Gasteiger charge is -2.05. The number of hydrogen-bond acceptors (Lipinski definition) is 0. The average Bonchev–Trinajstić information content (AvgIpc) is 2.48. The Morgan fingerprint density at radius 1 is 1.08 bits per heavy atom.